The van der Waals surface area contributed by atoms with Crippen molar-refractivity contribution in [3.8, 4) is 0 Å². The second-order valence-corrected chi connectivity index (χ2v) is 5.24. The molecule has 1 saturated carbocycles. The number of para-hydroxylation sites is 1. The molecule has 1 atom stereocenters. The number of fused-ring (bicyclic) bond motifs is 1. The summed E-state index contributed by atoms with van der Waals surface area (Å²) >= 11 is 0. The largest absolute Gasteiger partial charge is 0.392 e. The van der Waals surface area contributed by atoms with E-state index in [-0.39, 0.29) is 6.10 Å². The van der Waals surface area contributed by atoms with Crippen molar-refractivity contribution in [3.05, 3.63) is 30.0 Å². The highest BCUT2D eigenvalue weighted by Crippen LogP contribution is 2.31. The van der Waals surface area contributed by atoms with Crippen molar-refractivity contribution in [3.63, 3.8) is 0 Å². The van der Waals surface area contributed by atoms with Crippen LogP contribution in [-0.2, 0) is 13.0 Å². The van der Waals surface area contributed by atoms with Crippen LogP contribution in [-0.4, -0.2) is 21.0 Å². The lowest BCUT2D eigenvalue weighted by Crippen LogP contribution is -2.28. The van der Waals surface area contributed by atoms with Crippen LogP contribution in [0, 0.1) is 5.92 Å². The second kappa shape index (κ2) is 4.73. The first-order valence-corrected chi connectivity index (χ1v) is 6.92. The zero-order chi connectivity index (χ0) is 12.5. The van der Waals surface area contributed by atoms with Crippen molar-refractivity contribution < 1.29 is 5.11 Å². The fraction of sp³-hybridized carbons (Fsp3) is 0.533. The Labute approximate surface area is 107 Å². The number of aliphatic hydroxyl groups excluding tert-OH is 1. The van der Waals surface area contributed by atoms with E-state index in [4.69, 9.17) is 0 Å². The molecule has 1 aliphatic carbocycles. The standard InChI is InChI=1S/C15H20N2O/c1-2-17-14-9-4-3-8-12(14)13(16-17)10-15(18)11-6-5-7-11/h3-4,8-9,11,15,18H,2,5-7,10H2,1H3. The highest BCUT2D eigenvalue weighted by atomic mass is 16.3. The molecule has 1 aromatic heterocycles. The Morgan fingerprint density at radius 3 is 2.83 bits per heavy atom. The summed E-state index contributed by atoms with van der Waals surface area (Å²) in [5, 5.41) is 16.1. The van der Waals surface area contributed by atoms with Crippen LogP contribution in [0.3, 0.4) is 0 Å². The smallest absolute Gasteiger partial charge is 0.0729 e. The number of hydrogen-bond donors (Lipinski definition) is 1. The van der Waals surface area contributed by atoms with Gasteiger partial charge in [0.25, 0.3) is 0 Å². The molecule has 3 heteroatoms. The molecule has 0 aliphatic heterocycles. The van der Waals surface area contributed by atoms with Gasteiger partial charge >= 0.3 is 0 Å². The van der Waals surface area contributed by atoms with Gasteiger partial charge in [0.1, 0.15) is 0 Å². The topological polar surface area (TPSA) is 38.0 Å². The normalized spacial score (nSPS) is 17.9. The number of rotatable bonds is 4. The van der Waals surface area contributed by atoms with Gasteiger partial charge in [-0.05, 0) is 31.7 Å². The Balaban J connectivity index is 1.91. The SMILES string of the molecule is CCn1nc(CC(O)C2CCC2)c2ccccc21. The average Bonchev–Trinajstić information content (AvgIpc) is 2.66. The number of benzene rings is 1. The van der Waals surface area contributed by atoms with Crippen LogP contribution in [0.4, 0.5) is 0 Å². The maximum atomic E-state index is 10.2. The van der Waals surface area contributed by atoms with Crippen molar-refractivity contribution >= 4 is 10.9 Å². The van der Waals surface area contributed by atoms with Gasteiger partial charge in [-0.25, -0.2) is 0 Å². The molecule has 2 aromatic rings. The first-order valence-electron chi connectivity index (χ1n) is 6.92. The maximum Gasteiger partial charge on any atom is 0.0729 e. The van der Waals surface area contributed by atoms with Gasteiger partial charge in [-0.1, -0.05) is 24.6 Å². The fourth-order valence-electron chi connectivity index (χ4n) is 2.78. The molecule has 3 rings (SSSR count). The third-order valence-electron chi connectivity index (χ3n) is 4.13. The summed E-state index contributed by atoms with van der Waals surface area (Å²) in [6, 6.07) is 8.30. The maximum absolute atomic E-state index is 10.2. The first-order chi connectivity index (χ1) is 8.79. The van der Waals surface area contributed by atoms with E-state index < -0.39 is 0 Å². The summed E-state index contributed by atoms with van der Waals surface area (Å²) in [6.07, 6.45) is 4.09. The number of hydrogen-bond acceptors (Lipinski definition) is 2. The Morgan fingerprint density at radius 2 is 2.17 bits per heavy atom. The molecule has 1 aliphatic rings. The van der Waals surface area contributed by atoms with Crippen LogP contribution in [0.1, 0.15) is 31.9 Å². The monoisotopic (exact) mass is 244 g/mol. The number of aromatic nitrogens is 2. The van der Waals surface area contributed by atoms with E-state index in [1.165, 1.54) is 30.2 Å². The van der Waals surface area contributed by atoms with Crippen molar-refractivity contribution in [2.45, 2.75) is 45.3 Å². The average molecular weight is 244 g/mol. The zero-order valence-electron chi connectivity index (χ0n) is 10.8. The fourth-order valence-corrected chi connectivity index (χ4v) is 2.78. The van der Waals surface area contributed by atoms with Gasteiger partial charge in [0, 0.05) is 18.4 Å². The number of nitrogens with zero attached hydrogens (tertiary/aromatic N) is 2. The highest BCUT2D eigenvalue weighted by molar-refractivity contribution is 5.82. The lowest BCUT2D eigenvalue weighted by Gasteiger charge is -2.29. The molecule has 3 nitrogen and oxygen atoms in total. The summed E-state index contributed by atoms with van der Waals surface area (Å²) in [5.41, 5.74) is 2.22. The number of aryl methyl sites for hydroxylation is 1. The predicted molar refractivity (Wildman–Crippen MR) is 72.5 cm³/mol. The van der Waals surface area contributed by atoms with E-state index in [1.807, 2.05) is 16.8 Å². The molecule has 1 heterocycles. The lowest BCUT2D eigenvalue weighted by molar-refractivity contribution is 0.0623. The van der Waals surface area contributed by atoms with Gasteiger partial charge in [-0.2, -0.15) is 5.10 Å². The summed E-state index contributed by atoms with van der Waals surface area (Å²) in [5.74, 6) is 0.496. The van der Waals surface area contributed by atoms with E-state index in [1.54, 1.807) is 0 Å². The molecular formula is C15H20N2O. The van der Waals surface area contributed by atoms with Gasteiger partial charge in [-0.15, -0.1) is 0 Å². The van der Waals surface area contributed by atoms with E-state index in [0.29, 0.717) is 12.3 Å². The molecule has 1 aromatic carbocycles. The quantitative estimate of drug-likeness (QED) is 0.898. The molecule has 96 valence electrons. The molecular weight excluding hydrogens is 224 g/mol. The molecule has 0 saturated heterocycles. The second-order valence-electron chi connectivity index (χ2n) is 5.24. The lowest BCUT2D eigenvalue weighted by atomic mass is 9.79. The minimum Gasteiger partial charge on any atom is -0.392 e. The Kier molecular flexibility index (Phi) is 3.08. The van der Waals surface area contributed by atoms with Crippen LogP contribution in [0.2, 0.25) is 0 Å². The molecule has 18 heavy (non-hydrogen) atoms. The summed E-state index contributed by atoms with van der Waals surface area (Å²) in [4.78, 5) is 0. The molecule has 1 N–H and O–H groups in total. The predicted octanol–water partition coefficient (Wildman–Crippen LogP) is 2.76. The van der Waals surface area contributed by atoms with Crippen molar-refractivity contribution in [1.82, 2.24) is 9.78 Å². The van der Waals surface area contributed by atoms with Gasteiger partial charge < -0.3 is 5.11 Å². The molecule has 0 bridgehead atoms. The zero-order valence-corrected chi connectivity index (χ0v) is 10.8. The van der Waals surface area contributed by atoms with Gasteiger partial charge in [-0.3, -0.25) is 4.68 Å². The molecule has 0 radical (unpaired) electrons. The minimum atomic E-state index is -0.220. The molecule has 1 fully saturated rings. The van der Waals surface area contributed by atoms with Crippen molar-refractivity contribution in [2.75, 3.05) is 0 Å². The van der Waals surface area contributed by atoms with Gasteiger partial charge in [0.05, 0.1) is 17.3 Å². The van der Waals surface area contributed by atoms with Gasteiger partial charge in [0.15, 0.2) is 0 Å². The van der Waals surface area contributed by atoms with E-state index in [9.17, 15) is 5.11 Å². The van der Waals surface area contributed by atoms with Crippen LogP contribution in [0.25, 0.3) is 10.9 Å². The van der Waals surface area contributed by atoms with Crippen LogP contribution in [0.15, 0.2) is 24.3 Å². The summed E-state index contributed by atoms with van der Waals surface area (Å²) in [6.45, 7) is 2.98. The molecule has 0 amide bonds. The summed E-state index contributed by atoms with van der Waals surface area (Å²) < 4.78 is 2.03. The van der Waals surface area contributed by atoms with Gasteiger partial charge in [0.2, 0.25) is 0 Å². The van der Waals surface area contributed by atoms with Crippen LogP contribution in [0.5, 0.6) is 0 Å². The molecule has 1 unspecified atom stereocenters. The van der Waals surface area contributed by atoms with Crippen LogP contribution < -0.4 is 0 Å². The first kappa shape index (κ1) is 11.7. The minimum absolute atomic E-state index is 0.220. The third kappa shape index (κ3) is 1.93. The van der Waals surface area contributed by atoms with Crippen molar-refractivity contribution in [2.24, 2.45) is 5.92 Å². The Bertz CT molecular complexity index is 542. The van der Waals surface area contributed by atoms with Crippen LogP contribution >= 0.6 is 0 Å². The Hall–Kier alpha value is -1.35. The highest BCUT2D eigenvalue weighted by Gasteiger charge is 2.26. The third-order valence-corrected chi connectivity index (χ3v) is 4.13. The van der Waals surface area contributed by atoms with E-state index >= 15 is 0 Å². The molecule has 0 spiro atoms. The van der Waals surface area contributed by atoms with Crippen molar-refractivity contribution in [1.29, 1.82) is 0 Å². The Morgan fingerprint density at radius 1 is 1.39 bits per heavy atom. The summed E-state index contributed by atoms with van der Waals surface area (Å²) in [7, 11) is 0. The van der Waals surface area contributed by atoms with E-state index in [2.05, 4.69) is 24.2 Å². The van der Waals surface area contributed by atoms with E-state index in [0.717, 1.165) is 12.2 Å². The number of aliphatic hydroxyl groups is 1.